The van der Waals surface area contributed by atoms with E-state index in [2.05, 4.69) is 0 Å². The number of nitrogens with zero attached hydrogens (tertiary/aromatic N) is 2. The third-order valence-electron chi connectivity index (χ3n) is 4.78. The van der Waals surface area contributed by atoms with Gasteiger partial charge in [-0.2, -0.15) is 0 Å². The number of hydrogen-bond acceptors (Lipinski definition) is 6. The summed E-state index contributed by atoms with van der Waals surface area (Å²) in [6.45, 7) is 2.53. The van der Waals surface area contributed by atoms with Gasteiger partial charge >= 0.3 is 5.97 Å². The molecule has 2 amide bonds. The van der Waals surface area contributed by atoms with Crippen molar-refractivity contribution in [2.45, 2.75) is 31.2 Å². The summed E-state index contributed by atoms with van der Waals surface area (Å²) in [6, 6.07) is 9.40. The van der Waals surface area contributed by atoms with E-state index in [0.29, 0.717) is 23.6 Å². The predicted molar refractivity (Wildman–Crippen MR) is 110 cm³/mol. The van der Waals surface area contributed by atoms with Gasteiger partial charge in [-0.1, -0.05) is 12.1 Å². The van der Waals surface area contributed by atoms with Gasteiger partial charge in [0, 0.05) is 37.1 Å². The first-order valence-corrected chi connectivity index (χ1v) is 10.3. The van der Waals surface area contributed by atoms with E-state index in [9.17, 15) is 14.4 Å². The van der Waals surface area contributed by atoms with E-state index in [-0.39, 0.29) is 31.2 Å². The largest absolute Gasteiger partial charge is 0.465 e. The molecule has 1 aliphatic rings. The molecule has 1 aromatic heterocycles. The fraction of sp³-hybridized carbons (Fsp3) is 0.381. The Balaban J connectivity index is 1.56. The number of rotatable bonds is 6. The summed E-state index contributed by atoms with van der Waals surface area (Å²) in [5.41, 5.74) is 1.26. The van der Waals surface area contributed by atoms with Gasteiger partial charge in [0.1, 0.15) is 17.1 Å². The van der Waals surface area contributed by atoms with E-state index in [1.54, 1.807) is 36.7 Å². The minimum Gasteiger partial charge on any atom is -0.465 e. The standard InChI is InChI=1S/C21H24N2O5S/c1-14-16(21(26)27-3)12-15(28-14)13-22(2)19(24)8-9-20(25)23-10-11-29-18-7-5-4-6-17(18)23/h4-7,12H,8-11,13H2,1-3H3. The van der Waals surface area contributed by atoms with Crippen molar-refractivity contribution >= 4 is 35.2 Å². The van der Waals surface area contributed by atoms with E-state index >= 15 is 0 Å². The van der Waals surface area contributed by atoms with Crippen molar-refractivity contribution in [1.29, 1.82) is 0 Å². The van der Waals surface area contributed by atoms with Crippen LogP contribution in [0.3, 0.4) is 0 Å². The van der Waals surface area contributed by atoms with Crippen LogP contribution < -0.4 is 4.90 Å². The molecule has 8 heteroatoms. The Morgan fingerprint density at radius 1 is 1.24 bits per heavy atom. The summed E-state index contributed by atoms with van der Waals surface area (Å²) >= 11 is 1.73. The van der Waals surface area contributed by atoms with Crippen LogP contribution in [0.1, 0.15) is 34.7 Å². The Morgan fingerprint density at radius 3 is 2.76 bits per heavy atom. The first-order chi connectivity index (χ1) is 13.9. The molecule has 0 unspecified atom stereocenters. The van der Waals surface area contributed by atoms with Gasteiger partial charge in [-0.15, -0.1) is 11.8 Å². The van der Waals surface area contributed by atoms with Gasteiger partial charge in [0.25, 0.3) is 0 Å². The predicted octanol–water partition coefficient (Wildman–Crippen LogP) is 3.25. The number of ether oxygens (including phenoxy) is 1. The summed E-state index contributed by atoms with van der Waals surface area (Å²) in [7, 11) is 2.95. The van der Waals surface area contributed by atoms with Crippen LogP contribution in [0.2, 0.25) is 0 Å². The van der Waals surface area contributed by atoms with Gasteiger partial charge in [0.05, 0.1) is 19.3 Å². The van der Waals surface area contributed by atoms with Gasteiger partial charge in [-0.3, -0.25) is 9.59 Å². The van der Waals surface area contributed by atoms with Gasteiger partial charge in [-0.05, 0) is 25.1 Å². The highest BCUT2D eigenvalue weighted by Crippen LogP contribution is 2.34. The van der Waals surface area contributed by atoms with E-state index < -0.39 is 5.97 Å². The molecule has 2 heterocycles. The van der Waals surface area contributed by atoms with Gasteiger partial charge < -0.3 is 19.0 Å². The van der Waals surface area contributed by atoms with Crippen molar-refractivity contribution < 1.29 is 23.5 Å². The third-order valence-corrected chi connectivity index (χ3v) is 5.82. The minimum absolute atomic E-state index is 0.0543. The molecule has 1 aliphatic heterocycles. The Kier molecular flexibility index (Phi) is 6.64. The number of esters is 1. The van der Waals surface area contributed by atoms with Gasteiger partial charge in [0.15, 0.2) is 0 Å². The zero-order valence-corrected chi connectivity index (χ0v) is 17.6. The van der Waals surface area contributed by atoms with Gasteiger partial charge in [0.2, 0.25) is 11.8 Å². The number of amides is 2. The van der Waals surface area contributed by atoms with Crippen LogP contribution in [-0.4, -0.2) is 49.1 Å². The summed E-state index contributed by atoms with van der Waals surface area (Å²) in [4.78, 5) is 41.2. The van der Waals surface area contributed by atoms with E-state index in [0.717, 1.165) is 16.3 Å². The Morgan fingerprint density at radius 2 is 2.00 bits per heavy atom. The maximum Gasteiger partial charge on any atom is 0.341 e. The number of fused-ring (bicyclic) bond motifs is 1. The molecule has 154 valence electrons. The van der Waals surface area contributed by atoms with Crippen molar-refractivity contribution in [3.63, 3.8) is 0 Å². The highest BCUT2D eigenvalue weighted by atomic mass is 32.2. The molecule has 0 aliphatic carbocycles. The molecular weight excluding hydrogens is 392 g/mol. The number of thioether (sulfide) groups is 1. The number of benzene rings is 1. The highest BCUT2D eigenvalue weighted by molar-refractivity contribution is 7.99. The summed E-state index contributed by atoms with van der Waals surface area (Å²) < 4.78 is 10.3. The highest BCUT2D eigenvalue weighted by Gasteiger charge is 2.24. The molecule has 0 fully saturated rings. The first-order valence-electron chi connectivity index (χ1n) is 9.34. The number of furan rings is 1. The zero-order valence-electron chi connectivity index (χ0n) is 16.8. The normalized spacial score (nSPS) is 13.0. The molecule has 0 bridgehead atoms. The number of hydrogen-bond donors (Lipinski definition) is 0. The lowest BCUT2D eigenvalue weighted by Gasteiger charge is -2.29. The molecule has 7 nitrogen and oxygen atoms in total. The molecule has 0 radical (unpaired) electrons. The first kappa shape index (κ1) is 21.0. The number of aryl methyl sites for hydroxylation is 1. The van der Waals surface area contributed by atoms with Crippen molar-refractivity contribution in [2.75, 3.05) is 31.4 Å². The summed E-state index contributed by atoms with van der Waals surface area (Å²) in [5.74, 6) is 1.10. The molecule has 29 heavy (non-hydrogen) atoms. The second-order valence-corrected chi connectivity index (χ2v) is 7.92. The number of methoxy groups -OCH3 is 1. The molecule has 2 aromatic rings. The second-order valence-electron chi connectivity index (χ2n) is 6.79. The van der Waals surface area contributed by atoms with Crippen molar-refractivity contribution in [1.82, 2.24) is 4.90 Å². The maximum absolute atomic E-state index is 12.7. The Hall–Kier alpha value is -2.74. The van der Waals surface area contributed by atoms with Crippen LogP contribution in [0.15, 0.2) is 39.6 Å². The Bertz CT molecular complexity index is 924. The van der Waals surface area contributed by atoms with Crippen LogP contribution >= 0.6 is 11.8 Å². The molecule has 0 spiro atoms. The molecule has 0 atom stereocenters. The van der Waals surface area contributed by atoms with E-state index in [1.165, 1.54) is 12.0 Å². The van der Waals surface area contributed by atoms with E-state index in [4.69, 9.17) is 9.15 Å². The lowest BCUT2D eigenvalue weighted by atomic mass is 10.2. The van der Waals surface area contributed by atoms with Crippen LogP contribution in [0.5, 0.6) is 0 Å². The van der Waals surface area contributed by atoms with Crippen LogP contribution in [0.4, 0.5) is 5.69 Å². The lowest BCUT2D eigenvalue weighted by molar-refractivity contribution is -0.132. The molecule has 0 saturated heterocycles. The molecule has 0 N–H and O–H groups in total. The average molecular weight is 416 g/mol. The SMILES string of the molecule is COC(=O)c1cc(CN(C)C(=O)CCC(=O)N2CCSc3ccccc32)oc1C. The fourth-order valence-electron chi connectivity index (χ4n) is 3.22. The fourth-order valence-corrected chi connectivity index (χ4v) is 4.22. The smallest absolute Gasteiger partial charge is 0.341 e. The van der Waals surface area contributed by atoms with Crippen molar-refractivity contribution in [3.8, 4) is 0 Å². The van der Waals surface area contributed by atoms with Crippen LogP contribution in [0.25, 0.3) is 0 Å². The molecule has 1 aromatic carbocycles. The van der Waals surface area contributed by atoms with Crippen molar-refractivity contribution in [2.24, 2.45) is 0 Å². The number of carbonyl (C=O) groups is 3. The summed E-state index contributed by atoms with van der Waals surface area (Å²) in [6.07, 6.45) is 0.261. The molecular formula is C21H24N2O5S. The summed E-state index contributed by atoms with van der Waals surface area (Å²) in [5, 5.41) is 0. The van der Waals surface area contributed by atoms with Crippen LogP contribution in [-0.2, 0) is 20.9 Å². The Labute approximate surface area is 174 Å². The lowest BCUT2D eigenvalue weighted by Crippen LogP contribution is -2.36. The third kappa shape index (κ3) is 4.82. The number of anilines is 1. The monoisotopic (exact) mass is 416 g/mol. The minimum atomic E-state index is -0.475. The topological polar surface area (TPSA) is 80.1 Å². The average Bonchev–Trinajstić information content (AvgIpc) is 3.10. The molecule has 0 saturated carbocycles. The van der Waals surface area contributed by atoms with Gasteiger partial charge in [-0.25, -0.2) is 4.79 Å². The quantitative estimate of drug-likeness (QED) is 0.673. The number of carbonyl (C=O) groups excluding carboxylic acids is 3. The molecule has 3 rings (SSSR count). The zero-order chi connectivity index (χ0) is 21.0. The van der Waals surface area contributed by atoms with E-state index in [1.807, 2.05) is 24.3 Å². The number of para-hydroxylation sites is 1. The van der Waals surface area contributed by atoms with Crippen molar-refractivity contribution in [3.05, 3.63) is 47.4 Å². The maximum atomic E-state index is 12.7. The van der Waals surface area contributed by atoms with Crippen LogP contribution in [0, 0.1) is 6.92 Å². The second kappa shape index (κ2) is 9.17.